The smallest absolute Gasteiger partial charge is 0.138 e. The zero-order chi connectivity index (χ0) is 27.9. The van der Waals surface area contributed by atoms with Gasteiger partial charge in [0.1, 0.15) is 11.2 Å². The van der Waals surface area contributed by atoms with E-state index in [0.29, 0.717) is 0 Å². The van der Waals surface area contributed by atoms with E-state index in [1.165, 1.54) is 27.5 Å². The molecule has 198 valence electrons. The van der Waals surface area contributed by atoms with Crippen LogP contribution in [-0.4, -0.2) is 4.98 Å². The zero-order valence-electron chi connectivity index (χ0n) is 22.8. The number of aromatic nitrogens is 1. The Labute approximate surface area is 243 Å². The zero-order valence-corrected chi connectivity index (χ0v) is 22.8. The standard InChI is InChI=1S/C39H26N2O/c1-3-7-27(8-4-1)28-13-18-33(19-14-28)41(32-9-5-2-6-10-32)34-20-15-29(16-21-34)31-12-11-30-17-22-38-39(35(30)25-31)36-26-40-24-23-37(36)42-38/h1-26H. The van der Waals surface area contributed by atoms with Crippen molar-refractivity contribution < 1.29 is 4.42 Å². The fraction of sp³-hybridized carbons (Fsp3) is 0. The van der Waals surface area contributed by atoms with Gasteiger partial charge in [0.25, 0.3) is 0 Å². The van der Waals surface area contributed by atoms with Crippen LogP contribution in [0.2, 0.25) is 0 Å². The minimum Gasteiger partial charge on any atom is -0.456 e. The van der Waals surface area contributed by atoms with E-state index in [-0.39, 0.29) is 0 Å². The van der Waals surface area contributed by atoms with Crippen molar-refractivity contribution >= 4 is 49.8 Å². The second kappa shape index (κ2) is 10.1. The number of anilines is 3. The molecule has 2 heterocycles. The van der Waals surface area contributed by atoms with Crippen molar-refractivity contribution in [2.45, 2.75) is 0 Å². The van der Waals surface area contributed by atoms with Gasteiger partial charge in [0, 0.05) is 40.2 Å². The summed E-state index contributed by atoms with van der Waals surface area (Å²) in [7, 11) is 0. The van der Waals surface area contributed by atoms with Crippen molar-refractivity contribution in [3.8, 4) is 22.3 Å². The summed E-state index contributed by atoms with van der Waals surface area (Å²) in [6, 6.07) is 51.4. The maximum atomic E-state index is 6.12. The molecule has 0 saturated heterocycles. The number of nitrogens with zero attached hydrogens (tertiary/aromatic N) is 2. The van der Waals surface area contributed by atoms with Crippen LogP contribution in [0.25, 0.3) is 55.0 Å². The first kappa shape index (κ1) is 24.2. The van der Waals surface area contributed by atoms with Gasteiger partial charge in [-0.25, -0.2) is 0 Å². The molecule has 3 heteroatoms. The number of hydrogen-bond acceptors (Lipinski definition) is 3. The first-order valence-corrected chi connectivity index (χ1v) is 14.1. The van der Waals surface area contributed by atoms with Gasteiger partial charge in [-0.3, -0.25) is 4.98 Å². The molecule has 42 heavy (non-hydrogen) atoms. The second-order valence-electron chi connectivity index (χ2n) is 10.5. The van der Waals surface area contributed by atoms with Crippen LogP contribution in [0.3, 0.4) is 0 Å². The van der Waals surface area contributed by atoms with Crippen molar-refractivity contribution in [1.82, 2.24) is 4.98 Å². The number of hydrogen-bond donors (Lipinski definition) is 0. The highest BCUT2D eigenvalue weighted by molar-refractivity contribution is 6.19. The van der Waals surface area contributed by atoms with Crippen LogP contribution in [0.4, 0.5) is 17.1 Å². The summed E-state index contributed by atoms with van der Waals surface area (Å²) in [5.74, 6) is 0. The molecule has 0 aliphatic heterocycles. The first-order chi connectivity index (χ1) is 20.8. The Hall–Kier alpha value is -5.67. The van der Waals surface area contributed by atoms with Crippen LogP contribution in [0.5, 0.6) is 0 Å². The predicted octanol–water partition coefficient (Wildman–Crippen LogP) is 10.9. The van der Waals surface area contributed by atoms with E-state index in [2.05, 4.69) is 143 Å². The number of para-hydroxylation sites is 1. The molecule has 0 atom stereocenters. The molecule has 0 amide bonds. The fourth-order valence-corrected chi connectivity index (χ4v) is 5.88. The van der Waals surface area contributed by atoms with Crippen LogP contribution in [0.15, 0.2) is 162 Å². The van der Waals surface area contributed by atoms with Gasteiger partial charge in [0.2, 0.25) is 0 Å². The van der Waals surface area contributed by atoms with Gasteiger partial charge in [-0.15, -0.1) is 0 Å². The molecule has 0 N–H and O–H groups in total. The van der Waals surface area contributed by atoms with E-state index in [0.717, 1.165) is 44.6 Å². The van der Waals surface area contributed by atoms with Crippen molar-refractivity contribution in [2.24, 2.45) is 0 Å². The molecule has 3 nitrogen and oxygen atoms in total. The molecule has 0 aliphatic rings. The average Bonchev–Trinajstić information content (AvgIpc) is 3.46. The lowest BCUT2D eigenvalue weighted by Crippen LogP contribution is -2.09. The third-order valence-corrected chi connectivity index (χ3v) is 7.96. The van der Waals surface area contributed by atoms with E-state index in [1.54, 1.807) is 6.20 Å². The molecular formula is C39H26N2O. The van der Waals surface area contributed by atoms with Gasteiger partial charge in [0.15, 0.2) is 0 Å². The predicted molar refractivity (Wildman–Crippen MR) is 175 cm³/mol. The van der Waals surface area contributed by atoms with Crippen LogP contribution >= 0.6 is 0 Å². The summed E-state index contributed by atoms with van der Waals surface area (Å²) in [5, 5.41) is 4.51. The maximum absolute atomic E-state index is 6.12. The number of pyridine rings is 1. The molecule has 0 aliphatic carbocycles. The second-order valence-corrected chi connectivity index (χ2v) is 10.5. The molecule has 8 aromatic rings. The summed E-state index contributed by atoms with van der Waals surface area (Å²) in [6.07, 6.45) is 3.67. The van der Waals surface area contributed by atoms with Gasteiger partial charge in [-0.05, 0) is 87.6 Å². The monoisotopic (exact) mass is 538 g/mol. The van der Waals surface area contributed by atoms with Crippen molar-refractivity contribution in [3.05, 3.63) is 158 Å². The number of furan rings is 1. The van der Waals surface area contributed by atoms with E-state index < -0.39 is 0 Å². The quantitative estimate of drug-likeness (QED) is 0.218. The Morgan fingerprint density at radius 1 is 0.452 bits per heavy atom. The molecular weight excluding hydrogens is 512 g/mol. The topological polar surface area (TPSA) is 29.3 Å². The van der Waals surface area contributed by atoms with Crippen molar-refractivity contribution in [1.29, 1.82) is 0 Å². The van der Waals surface area contributed by atoms with E-state index in [4.69, 9.17) is 4.42 Å². The molecule has 2 aromatic heterocycles. The summed E-state index contributed by atoms with van der Waals surface area (Å²) in [5.41, 5.74) is 9.83. The van der Waals surface area contributed by atoms with Gasteiger partial charge < -0.3 is 9.32 Å². The Morgan fingerprint density at radius 2 is 1.02 bits per heavy atom. The van der Waals surface area contributed by atoms with E-state index in [9.17, 15) is 0 Å². The summed E-state index contributed by atoms with van der Waals surface area (Å²) in [6.45, 7) is 0. The van der Waals surface area contributed by atoms with Crippen molar-refractivity contribution in [2.75, 3.05) is 4.90 Å². The maximum Gasteiger partial charge on any atom is 0.138 e. The molecule has 0 radical (unpaired) electrons. The SMILES string of the molecule is c1ccc(-c2ccc(N(c3ccccc3)c3ccc(-c4ccc5ccc6oc7ccncc7c6c5c4)cc3)cc2)cc1. The van der Waals surface area contributed by atoms with E-state index in [1.807, 2.05) is 18.3 Å². The lowest BCUT2D eigenvalue weighted by atomic mass is 9.98. The fourth-order valence-electron chi connectivity index (χ4n) is 5.88. The highest BCUT2D eigenvalue weighted by atomic mass is 16.3. The van der Waals surface area contributed by atoms with Gasteiger partial charge in [0.05, 0.1) is 0 Å². The Morgan fingerprint density at radius 3 is 1.74 bits per heavy atom. The first-order valence-electron chi connectivity index (χ1n) is 14.1. The Balaban J connectivity index is 1.19. The molecule has 8 rings (SSSR count). The molecule has 0 saturated carbocycles. The lowest BCUT2D eigenvalue weighted by molar-refractivity contribution is 0.668. The Kier molecular flexibility index (Phi) is 5.79. The summed E-state index contributed by atoms with van der Waals surface area (Å²) < 4.78 is 6.12. The average molecular weight is 539 g/mol. The minimum atomic E-state index is 0.861. The van der Waals surface area contributed by atoms with Gasteiger partial charge in [-0.1, -0.05) is 91.0 Å². The molecule has 0 spiro atoms. The van der Waals surface area contributed by atoms with Crippen LogP contribution in [-0.2, 0) is 0 Å². The van der Waals surface area contributed by atoms with Crippen LogP contribution in [0, 0.1) is 0 Å². The highest BCUT2D eigenvalue weighted by Gasteiger charge is 2.14. The number of benzene rings is 6. The number of rotatable bonds is 5. The minimum absolute atomic E-state index is 0.861. The van der Waals surface area contributed by atoms with Crippen LogP contribution in [0.1, 0.15) is 0 Å². The Bertz CT molecular complexity index is 2170. The molecule has 0 unspecified atom stereocenters. The molecule has 6 aromatic carbocycles. The molecule has 0 bridgehead atoms. The summed E-state index contributed by atoms with van der Waals surface area (Å²) in [4.78, 5) is 6.65. The van der Waals surface area contributed by atoms with E-state index >= 15 is 0 Å². The molecule has 0 fully saturated rings. The summed E-state index contributed by atoms with van der Waals surface area (Å²) >= 11 is 0. The van der Waals surface area contributed by atoms with Crippen LogP contribution < -0.4 is 4.90 Å². The van der Waals surface area contributed by atoms with Gasteiger partial charge in [-0.2, -0.15) is 0 Å². The third-order valence-electron chi connectivity index (χ3n) is 7.96. The highest BCUT2D eigenvalue weighted by Crippen LogP contribution is 2.38. The third kappa shape index (κ3) is 4.20. The largest absolute Gasteiger partial charge is 0.456 e. The van der Waals surface area contributed by atoms with Gasteiger partial charge >= 0.3 is 0 Å². The van der Waals surface area contributed by atoms with Crippen molar-refractivity contribution in [3.63, 3.8) is 0 Å². The normalized spacial score (nSPS) is 11.3. The number of fused-ring (bicyclic) bond motifs is 5. The lowest BCUT2D eigenvalue weighted by Gasteiger charge is -2.26.